The van der Waals surface area contributed by atoms with Crippen molar-refractivity contribution in [2.24, 2.45) is 10.7 Å². The third-order valence-corrected chi connectivity index (χ3v) is 5.10. The molecular weight excluding hydrogens is 328 g/mol. The molecule has 3 heterocycles. The summed E-state index contributed by atoms with van der Waals surface area (Å²) in [5.41, 5.74) is 6.84. The predicted molar refractivity (Wildman–Crippen MR) is 103 cm³/mol. The van der Waals surface area contributed by atoms with Crippen molar-refractivity contribution in [3.8, 4) is 6.19 Å². The Balaban J connectivity index is 1.75. The average Bonchev–Trinajstić information content (AvgIpc) is 3.11. The van der Waals surface area contributed by atoms with Crippen LogP contribution in [0.5, 0.6) is 0 Å². The van der Waals surface area contributed by atoms with Crippen LogP contribution in [0.4, 0.5) is 5.82 Å². The fraction of sp³-hybridized carbons (Fsp3) is 0.556. The highest BCUT2D eigenvalue weighted by molar-refractivity contribution is 5.88. The van der Waals surface area contributed by atoms with E-state index in [1.807, 2.05) is 13.1 Å². The number of hydrogen-bond donors (Lipinski definition) is 1. The Kier molecular flexibility index (Phi) is 5.68. The molecule has 2 N–H and O–H groups in total. The first-order valence-corrected chi connectivity index (χ1v) is 9.05. The van der Waals surface area contributed by atoms with Crippen LogP contribution in [0, 0.1) is 11.5 Å². The Hall–Kier alpha value is -2.66. The molecule has 0 aromatic carbocycles. The highest BCUT2D eigenvalue weighted by atomic mass is 15.2. The first kappa shape index (κ1) is 18.1. The first-order chi connectivity index (χ1) is 12.7. The highest BCUT2D eigenvalue weighted by Gasteiger charge is 2.24. The summed E-state index contributed by atoms with van der Waals surface area (Å²) in [6.07, 6.45) is 9.94. The number of anilines is 1. The van der Waals surface area contributed by atoms with Crippen molar-refractivity contribution in [2.45, 2.75) is 31.7 Å². The summed E-state index contributed by atoms with van der Waals surface area (Å²) in [5, 5.41) is 10.0. The van der Waals surface area contributed by atoms with Crippen molar-refractivity contribution < 1.29 is 0 Å². The minimum atomic E-state index is 0.156. The summed E-state index contributed by atoms with van der Waals surface area (Å²) in [6, 6.07) is 2.04. The van der Waals surface area contributed by atoms with Crippen LogP contribution >= 0.6 is 0 Å². The van der Waals surface area contributed by atoms with Crippen LogP contribution in [0.2, 0.25) is 0 Å². The summed E-state index contributed by atoms with van der Waals surface area (Å²) in [6.45, 7) is 2.95. The number of fused-ring (bicyclic) bond motifs is 1. The molecule has 3 rings (SSSR count). The predicted octanol–water partition coefficient (Wildman–Crippen LogP) is 1.43. The van der Waals surface area contributed by atoms with E-state index >= 15 is 0 Å². The zero-order chi connectivity index (χ0) is 18.5. The van der Waals surface area contributed by atoms with Gasteiger partial charge < -0.3 is 10.6 Å². The fourth-order valence-corrected chi connectivity index (χ4v) is 3.64. The van der Waals surface area contributed by atoms with Gasteiger partial charge in [-0.05, 0) is 38.4 Å². The lowest BCUT2D eigenvalue weighted by atomic mass is 10.0. The monoisotopic (exact) mass is 354 g/mol. The van der Waals surface area contributed by atoms with E-state index in [-0.39, 0.29) is 6.04 Å². The van der Waals surface area contributed by atoms with E-state index in [0.29, 0.717) is 11.5 Å². The number of aliphatic imine (C=N–C) groups is 1. The number of hydrogen-bond acceptors (Lipinski definition) is 6. The SMILES string of the molecule is CN=C(N)C(CCN(C)c1ncnc2c1ccn2C#N)N1CCCCC1. The van der Waals surface area contributed by atoms with Crippen molar-refractivity contribution in [3.63, 3.8) is 0 Å². The number of piperidine rings is 1. The van der Waals surface area contributed by atoms with E-state index in [1.165, 1.54) is 30.2 Å². The van der Waals surface area contributed by atoms with Gasteiger partial charge in [0.2, 0.25) is 0 Å². The summed E-state index contributed by atoms with van der Waals surface area (Å²) in [5.74, 6) is 1.53. The number of nitriles is 1. The van der Waals surface area contributed by atoms with E-state index in [2.05, 4.69) is 31.0 Å². The normalized spacial score (nSPS) is 17.2. The Labute approximate surface area is 153 Å². The van der Waals surface area contributed by atoms with Crippen LogP contribution in [0.3, 0.4) is 0 Å². The number of rotatable bonds is 6. The molecule has 1 atom stereocenters. The van der Waals surface area contributed by atoms with Crippen molar-refractivity contribution in [2.75, 3.05) is 38.6 Å². The van der Waals surface area contributed by atoms with Gasteiger partial charge in [0.1, 0.15) is 18.0 Å². The second-order valence-electron chi connectivity index (χ2n) is 6.69. The van der Waals surface area contributed by atoms with Gasteiger partial charge in [0.15, 0.2) is 11.8 Å². The molecule has 8 heteroatoms. The van der Waals surface area contributed by atoms with Crippen LogP contribution in [0.15, 0.2) is 23.6 Å². The molecule has 0 aliphatic carbocycles. The molecule has 1 saturated heterocycles. The zero-order valence-corrected chi connectivity index (χ0v) is 15.5. The molecule has 1 aliphatic rings. The van der Waals surface area contributed by atoms with Crippen LogP contribution in [0.25, 0.3) is 11.0 Å². The molecule has 2 aromatic rings. The van der Waals surface area contributed by atoms with Gasteiger partial charge in [-0.15, -0.1) is 0 Å². The average molecular weight is 354 g/mol. The van der Waals surface area contributed by atoms with Gasteiger partial charge in [0.05, 0.1) is 11.4 Å². The molecule has 0 bridgehead atoms. The fourth-order valence-electron chi connectivity index (χ4n) is 3.64. The summed E-state index contributed by atoms with van der Waals surface area (Å²) < 4.78 is 1.45. The Morgan fingerprint density at radius 2 is 2.15 bits per heavy atom. The lowest BCUT2D eigenvalue weighted by molar-refractivity contribution is 0.195. The Morgan fingerprint density at radius 3 is 2.85 bits per heavy atom. The maximum Gasteiger partial charge on any atom is 0.190 e. The molecule has 0 radical (unpaired) electrons. The molecule has 1 fully saturated rings. The van der Waals surface area contributed by atoms with Gasteiger partial charge in [-0.25, -0.2) is 14.5 Å². The highest BCUT2D eigenvalue weighted by Crippen LogP contribution is 2.23. The van der Waals surface area contributed by atoms with Gasteiger partial charge >= 0.3 is 0 Å². The number of amidine groups is 1. The minimum absolute atomic E-state index is 0.156. The van der Waals surface area contributed by atoms with Crippen molar-refractivity contribution in [1.82, 2.24) is 19.4 Å². The maximum atomic E-state index is 9.17. The summed E-state index contributed by atoms with van der Waals surface area (Å²) in [4.78, 5) is 17.4. The molecule has 26 heavy (non-hydrogen) atoms. The van der Waals surface area contributed by atoms with Crippen molar-refractivity contribution in [3.05, 3.63) is 18.6 Å². The second kappa shape index (κ2) is 8.15. The third-order valence-electron chi connectivity index (χ3n) is 5.10. The molecule has 0 saturated carbocycles. The third kappa shape index (κ3) is 3.63. The Bertz CT molecular complexity index is 812. The van der Waals surface area contributed by atoms with Crippen LogP contribution in [0.1, 0.15) is 25.7 Å². The van der Waals surface area contributed by atoms with Crippen molar-refractivity contribution in [1.29, 1.82) is 5.26 Å². The number of nitrogens with zero attached hydrogens (tertiary/aromatic N) is 7. The van der Waals surface area contributed by atoms with E-state index in [4.69, 9.17) is 11.0 Å². The van der Waals surface area contributed by atoms with Gasteiger partial charge in [-0.3, -0.25) is 9.89 Å². The topological polar surface area (TPSA) is 99.4 Å². The molecule has 1 aliphatic heterocycles. The first-order valence-electron chi connectivity index (χ1n) is 9.05. The van der Waals surface area contributed by atoms with E-state index in [1.54, 1.807) is 13.2 Å². The van der Waals surface area contributed by atoms with E-state index < -0.39 is 0 Å². The molecule has 0 spiro atoms. The molecule has 8 nitrogen and oxygen atoms in total. The summed E-state index contributed by atoms with van der Waals surface area (Å²) >= 11 is 0. The van der Waals surface area contributed by atoms with Gasteiger partial charge in [0, 0.05) is 26.8 Å². The molecule has 0 amide bonds. The Morgan fingerprint density at radius 1 is 1.38 bits per heavy atom. The standard InChI is InChI=1S/C18H26N8/c1-21-16(20)15(25-8-4-3-5-9-25)7-10-24(2)17-14-6-11-26(12-19)18(14)23-13-22-17/h6,11,13,15H,3-5,7-10H2,1-2H3,(H2,20,21). The molecule has 138 valence electrons. The largest absolute Gasteiger partial charge is 0.386 e. The van der Waals surface area contributed by atoms with E-state index in [0.717, 1.165) is 37.3 Å². The lowest BCUT2D eigenvalue weighted by Crippen LogP contribution is -2.48. The van der Waals surface area contributed by atoms with Crippen molar-refractivity contribution >= 4 is 22.7 Å². The molecule has 2 aromatic heterocycles. The van der Waals surface area contributed by atoms with E-state index in [9.17, 15) is 0 Å². The van der Waals surface area contributed by atoms with Gasteiger partial charge in [-0.1, -0.05) is 6.42 Å². The zero-order valence-electron chi connectivity index (χ0n) is 15.5. The molecule has 1 unspecified atom stereocenters. The van der Waals surface area contributed by atoms with Crippen LogP contribution in [-0.4, -0.2) is 65.0 Å². The number of nitrogens with two attached hydrogens (primary N) is 1. The number of aromatic nitrogens is 3. The van der Waals surface area contributed by atoms with Gasteiger partial charge in [-0.2, -0.15) is 5.26 Å². The maximum absolute atomic E-state index is 9.17. The summed E-state index contributed by atoms with van der Waals surface area (Å²) in [7, 11) is 3.77. The minimum Gasteiger partial charge on any atom is -0.386 e. The van der Waals surface area contributed by atoms with Gasteiger partial charge in [0.25, 0.3) is 0 Å². The lowest BCUT2D eigenvalue weighted by Gasteiger charge is -2.35. The second-order valence-corrected chi connectivity index (χ2v) is 6.69. The number of likely N-dealkylation sites (tertiary alicyclic amines) is 1. The smallest absolute Gasteiger partial charge is 0.190 e. The quantitative estimate of drug-likeness (QED) is 0.622. The van der Waals surface area contributed by atoms with Crippen LogP contribution < -0.4 is 10.6 Å². The molecular formula is C18H26N8. The van der Waals surface area contributed by atoms with Crippen LogP contribution in [-0.2, 0) is 0 Å².